The van der Waals surface area contributed by atoms with Crippen LogP contribution in [0, 0.1) is 0 Å². The van der Waals surface area contributed by atoms with Gasteiger partial charge in [0.2, 0.25) is 11.8 Å². The van der Waals surface area contributed by atoms with Gasteiger partial charge in [-0.1, -0.05) is 0 Å². The van der Waals surface area contributed by atoms with Crippen molar-refractivity contribution in [3.05, 3.63) is 48.4 Å². The van der Waals surface area contributed by atoms with Crippen molar-refractivity contribution in [1.29, 1.82) is 0 Å². The van der Waals surface area contributed by atoms with Gasteiger partial charge in [-0.05, 0) is 37.3 Å². The maximum absolute atomic E-state index is 12.3. The van der Waals surface area contributed by atoms with Crippen LogP contribution in [0.3, 0.4) is 0 Å². The van der Waals surface area contributed by atoms with Gasteiger partial charge in [0.15, 0.2) is 11.5 Å². The average molecular weight is 356 g/mol. The molecule has 0 radical (unpaired) electrons. The van der Waals surface area contributed by atoms with Gasteiger partial charge >= 0.3 is 0 Å². The molecule has 1 aliphatic rings. The standard InChI is InChI=1S/C19H20N2O5/c1-2-21(19(23)8-6-15-4-3-9-24-15)13-18(22)20-14-5-7-16-17(12-14)26-11-10-25-16/h3-9,12H,2,10-11,13H2,1H3,(H,20,22)/b8-6+. The molecular weight excluding hydrogens is 336 g/mol. The smallest absolute Gasteiger partial charge is 0.247 e. The molecule has 26 heavy (non-hydrogen) atoms. The molecule has 2 heterocycles. The summed E-state index contributed by atoms with van der Waals surface area (Å²) in [7, 11) is 0. The number of rotatable bonds is 6. The molecule has 0 aliphatic carbocycles. The lowest BCUT2D eigenvalue weighted by molar-refractivity contribution is -0.130. The summed E-state index contributed by atoms with van der Waals surface area (Å²) in [5, 5.41) is 2.77. The summed E-state index contributed by atoms with van der Waals surface area (Å²) in [6, 6.07) is 8.68. The van der Waals surface area contributed by atoms with Gasteiger partial charge in [-0.25, -0.2) is 0 Å². The summed E-state index contributed by atoms with van der Waals surface area (Å²) in [5.74, 6) is 1.28. The molecule has 0 saturated heterocycles. The largest absolute Gasteiger partial charge is 0.486 e. The minimum Gasteiger partial charge on any atom is -0.486 e. The number of carbonyl (C=O) groups excluding carboxylic acids is 2. The van der Waals surface area contributed by atoms with E-state index in [1.165, 1.54) is 17.2 Å². The topological polar surface area (TPSA) is 81.0 Å². The Hall–Kier alpha value is -3.22. The molecule has 7 heteroatoms. The summed E-state index contributed by atoms with van der Waals surface area (Å²) < 4.78 is 16.1. The van der Waals surface area contributed by atoms with Gasteiger partial charge in [-0.3, -0.25) is 9.59 Å². The first-order valence-electron chi connectivity index (χ1n) is 8.35. The predicted octanol–water partition coefficient (Wildman–Crippen LogP) is 2.55. The fourth-order valence-corrected chi connectivity index (χ4v) is 2.49. The van der Waals surface area contributed by atoms with E-state index in [-0.39, 0.29) is 18.4 Å². The Morgan fingerprint density at radius 3 is 2.73 bits per heavy atom. The van der Waals surface area contributed by atoms with Crippen molar-refractivity contribution in [1.82, 2.24) is 4.90 Å². The van der Waals surface area contributed by atoms with Crippen LogP contribution in [0.1, 0.15) is 12.7 Å². The van der Waals surface area contributed by atoms with E-state index in [2.05, 4.69) is 5.32 Å². The zero-order valence-corrected chi connectivity index (χ0v) is 14.4. The molecular formula is C19H20N2O5. The molecule has 0 spiro atoms. The number of amides is 2. The summed E-state index contributed by atoms with van der Waals surface area (Å²) in [5.41, 5.74) is 0.592. The number of hydrogen-bond acceptors (Lipinski definition) is 5. The van der Waals surface area contributed by atoms with Crippen molar-refractivity contribution in [3.8, 4) is 11.5 Å². The van der Waals surface area contributed by atoms with E-state index in [1.807, 2.05) is 6.92 Å². The van der Waals surface area contributed by atoms with Crippen molar-refractivity contribution >= 4 is 23.6 Å². The van der Waals surface area contributed by atoms with Gasteiger partial charge in [-0.15, -0.1) is 0 Å². The normalized spacial score (nSPS) is 12.8. The van der Waals surface area contributed by atoms with E-state index in [0.29, 0.717) is 42.7 Å². The highest BCUT2D eigenvalue weighted by Gasteiger charge is 2.16. The minimum atomic E-state index is -0.289. The van der Waals surface area contributed by atoms with Crippen molar-refractivity contribution in [2.45, 2.75) is 6.92 Å². The van der Waals surface area contributed by atoms with E-state index in [9.17, 15) is 9.59 Å². The van der Waals surface area contributed by atoms with E-state index >= 15 is 0 Å². The molecule has 1 aromatic carbocycles. The number of carbonyl (C=O) groups is 2. The maximum atomic E-state index is 12.3. The van der Waals surface area contributed by atoms with Crippen LogP contribution in [0.2, 0.25) is 0 Å². The summed E-state index contributed by atoms with van der Waals surface area (Å²) in [6.45, 7) is 3.17. The SMILES string of the molecule is CCN(CC(=O)Nc1ccc2c(c1)OCCO2)C(=O)/C=C/c1ccco1. The molecule has 1 aliphatic heterocycles. The lowest BCUT2D eigenvalue weighted by Crippen LogP contribution is -2.36. The fourth-order valence-electron chi connectivity index (χ4n) is 2.49. The van der Waals surface area contributed by atoms with Crippen molar-refractivity contribution < 1.29 is 23.5 Å². The second kappa shape index (κ2) is 8.24. The third-order valence-electron chi connectivity index (χ3n) is 3.79. The highest BCUT2D eigenvalue weighted by atomic mass is 16.6. The molecule has 2 amide bonds. The molecule has 7 nitrogen and oxygen atoms in total. The van der Waals surface area contributed by atoms with E-state index < -0.39 is 0 Å². The molecule has 1 N–H and O–H groups in total. The highest BCUT2D eigenvalue weighted by Crippen LogP contribution is 2.32. The number of nitrogens with one attached hydrogen (secondary N) is 1. The van der Waals surface area contributed by atoms with Crippen molar-refractivity contribution in [2.75, 3.05) is 31.6 Å². The first kappa shape index (κ1) is 17.6. The molecule has 3 rings (SSSR count). The number of likely N-dealkylation sites (N-methyl/N-ethyl adjacent to an activating group) is 1. The van der Waals surface area contributed by atoms with Crippen LogP contribution < -0.4 is 14.8 Å². The van der Waals surface area contributed by atoms with Crippen LogP contribution in [0.15, 0.2) is 47.1 Å². The van der Waals surface area contributed by atoms with Gasteiger partial charge in [0.1, 0.15) is 25.5 Å². The second-order valence-electron chi connectivity index (χ2n) is 5.61. The number of anilines is 1. The van der Waals surface area contributed by atoms with E-state index in [0.717, 1.165) is 0 Å². The van der Waals surface area contributed by atoms with Crippen LogP contribution >= 0.6 is 0 Å². The quantitative estimate of drug-likeness (QED) is 0.805. The predicted molar refractivity (Wildman–Crippen MR) is 96.1 cm³/mol. The van der Waals surface area contributed by atoms with Gasteiger partial charge in [0.25, 0.3) is 0 Å². The Labute approximate surface area is 151 Å². The molecule has 0 bridgehead atoms. The molecule has 0 fully saturated rings. The number of nitrogens with zero attached hydrogens (tertiary/aromatic N) is 1. The zero-order valence-electron chi connectivity index (χ0n) is 14.4. The molecule has 2 aromatic rings. The Balaban J connectivity index is 1.58. The first-order chi connectivity index (χ1) is 12.7. The third-order valence-corrected chi connectivity index (χ3v) is 3.79. The number of ether oxygens (including phenoxy) is 2. The summed E-state index contributed by atoms with van der Waals surface area (Å²) in [6.07, 6.45) is 4.49. The van der Waals surface area contributed by atoms with Crippen LogP contribution in [0.4, 0.5) is 5.69 Å². The zero-order chi connectivity index (χ0) is 18.4. The van der Waals surface area contributed by atoms with Crippen LogP contribution in [-0.2, 0) is 9.59 Å². The summed E-state index contributed by atoms with van der Waals surface area (Å²) >= 11 is 0. The monoisotopic (exact) mass is 356 g/mol. The number of fused-ring (bicyclic) bond motifs is 1. The van der Waals surface area contributed by atoms with Gasteiger partial charge in [0.05, 0.1) is 6.26 Å². The van der Waals surface area contributed by atoms with Crippen LogP contribution in [0.5, 0.6) is 11.5 Å². The third kappa shape index (κ3) is 4.44. The Morgan fingerprint density at radius 1 is 1.19 bits per heavy atom. The van der Waals surface area contributed by atoms with Gasteiger partial charge in [-0.2, -0.15) is 0 Å². The van der Waals surface area contributed by atoms with E-state index in [1.54, 1.807) is 36.4 Å². The molecule has 0 unspecified atom stereocenters. The molecule has 136 valence electrons. The second-order valence-corrected chi connectivity index (χ2v) is 5.61. The van der Waals surface area contributed by atoms with Gasteiger partial charge in [0, 0.05) is 24.4 Å². The average Bonchev–Trinajstić information content (AvgIpc) is 3.17. The maximum Gasteiger partial charge on any atom is 0.247 e. The molecule has 1 aromatic heterocycles. The minimum absolute atomic E-state index is 0.0493. The Bertz CT molecular complexity index is 798. The number of benzene rings is 1. The molecule has 0 saturated carbocycles. The Kier molecular flexibility index (Phi) is 5.58. The number of hydrogen-bond donors (Lipinski definition) is 1. The number of furan rings is 1. The Morgan fingerprint density at radius 2 is 2.00 bits per heavy atom. The highest BCUT2D eigenvalue weighted by molar-refractivity contribution is 5.98. The fraction of sp³-hybridized carbons (Fsp3) is 0.263. The lowest BCUT2D eigenvalue weighted by Gasteiger charge is -2.20. The van der Waals surface area contributed by atoms with Crippen LogP contribution in [-0.4, -0.2) is 43.0 Å². The lowest BCUT2D eigenvalue weighted by atomic mass is 10.2. The molecule has 0 atom stereocenters. The van der Waals surface area contributed by atoms with Crippen molar-refractivity contribution in [2.24, 2.45) is 0 Å². The van der Waals surface area contributed by atoms with Crippen LogP contribution in [0.25, 0.3) is 6.08 Å². The van der Waals surface area contributed by atoms with E-state index in [4.69, 9.17) is 13.9 Å². The summed E-state index contributed by atoms with van der Waals surface area (Å²) in [4.78, 5) is 25.9. The first-order valence-corrected chi connectivity index (χ1v) is 8.35. The van der Waals surface area contributed by atoms with Gasteiger partial charge < -0.3 is 24.1 Å². The van der Waals surface area contributed by atoms with Crippen molar-refractivity contribution in [3.63, 3.8) is 0 Å².